The van der Waals surface area contributed by atoms with Gasteiger partial charge in [-0.05, 0) is 18.9 Å². The van der Waals surface area contributed by atoms with Crippen LogP contribution in [0.3, 0.4) is 0 Å². The molecule has 5 nitrogen and oxygen atoms in total. The van der Waals surface area contributed by atoms with Gasteiger partial charge in [-0.1, -0.05) is 19.3 Å². The van der Waals surface area contributed by atoms with Crippen molar-refractivity contribution >= 4 is 0 Å². The zero-order chi connectivity index (χ0) is 14.5. The van der Waals surface area contributed by atoms with Crippen LogP contribution in [0.15, 0.2) is 12.3 Å². The molecule has 0 amide bonds. The Labute approximate surface area is 126 Å². The fourth-order valence-corrected chi connectivity index (χ4v) is 3.38. The lowest BCUT2D eigenvalue weighted by Crippen LogP contribution is -2.45. The Hall–Kier alpha value is -0.910. The highest BCUT2D eigenvalue weighted by atomic mass is 16.5. The standard InChI is InChI=1S/C16H27N3O2/c17-13-16(7-10-20-11-8-16)21-12-14-6-9-19(18-14)15-4-2-1-3-5-15/h6,9,15H,1-5,7-8,10-13,17H2. The predicted molar refractivity (Wildman–Crippen MR) is 81.0 cm³/mol. The average Bonchev–Trinajstić information content (AvgIpc) is 3.04. The van der Waals surface area contributed by atoms with Crippen LogP contribution in [0.2, 0.25) is 0 Å². The van der Waals surface area contributed by atoms with Gasteiger partial charge in [0.05, 0.1) is 23.9 Å². The van der Waals surface area contributed by atoms with Gasteiger partial charge in [0.15, 0.2) is 0 Å². The third-order valence-corrected chi connectivity index (χ3v) is 4.91. The maximum atomic E-state index is 6.13. The van der Waals surface area contributed by atoms with Gasteiger partial charge in [0.1, 0.15) is 0 Å². The van der Waals surface area contributed by atoms with E-state index in [2.05, 4.69) is 16.9 Å². The van der Waals surface area contributed by atoms with E-state index in [0.717, 1.165) is 31.7 Å². The van der Waals surface area contributed by atoms with E-state index >= 15 is 0 Å². The molecule has 3 rings (SSSR count). The number of ether oxygens (including phenoxy) is 2. The first kappa shape index (κ1) is 15.0. The molecular formula is C16H27N3O2. The fourth-order valence-electron chi connectivity index (χ4n) is 3.38. The van der Waals surface area contributed by atoms with E-state index in [0.29, 0.717) is 19.2 Å². The summed E-state index contributed by atoms with van der Waals surface area (Å²) in [6.07, 6.45) is 10.4. The molecule has 1 aliphatic heterocycles. The maximum absolute atomic E-state index is 6.13. The molecule has 118 valence electrons. The molecule has 0 bridgehead atoms. The second-order valence-corrected chi connectivity index (χ2v) is 6.37. The first-order valence-corrected chi connectivity index (χ1v) is 8.27. The molecule has 1 aliphatic carbocycles. The Balaban J connectivity index is 1.56. The van der Waals surface area contributed by atoms with Crippen molar-refractivity contribution in [1.82, 2.24) is 9.78 Å². The third-order valence-electron chi connectivity index (χ3n) is 4.91. The zero-order valence-electron chi connectivity index (χ0n) is 12.8. The molecule has 1 saturated carbocycles. The predicted octanol–water partition coefficient (Wildman–Crippen LogP) is 2.41. The Morgan fingerprint density at radius 1 is 1.29 bits per heavy atom. The van der Waals surface area contributed by atoms with Gasteiger partial charge in [0.2, 0.25) is 0 Å². The lowest BCUT2D eigenvalue weighted by atomic mass is 9.94. The number of aromatic nitrogens is 2. The Morgan fingerprint density at radius 2 is 2.05 bits per heavy atom. The van der Waals surface area contributed by atoms with Crippen molar-refractivity contribution in [3.63, 3.8) is 0 Å². The van der Waals surface area contributed by atoms with Gasteiger partial charge in [-0.3, -0.25) is 4.68 Å². The molecule has 0 radical (unpaired) electrons. The van der Waals surface area contributed by atoms with Gasteiger partial charge < -0.3 is 15.2 Å². The highest BCUT2D eigenvalue weighted by Crippen LogP contribution is 2.28. The highest BCUT2D eigenvalue weighted by molar-refractivity contribution is 4.99. The summed E-state index contributed by atoms with van der Waals surface area (Å²) >= 11 is 0. The molecule has 0 aromatic carbocycles. The highest BCUT2D eigenvalue weighted by Gasteiger charge is 2.32. The zero-order valence-corrected chi connectivity index (χ0v) is 12.8. The summed E-state index contributed by atoms with van der Waals surface area (Å²) in [5, 5.41) is 4.70. The van der Waals surface area contributed by atoms with Crippen LogP contribution in [0.1, 0.15) is 56.7 Å². The molecule has 2 N–H and O–H groups in total. The molecule has 0 spiro atoms. The number of hydrogen-bond acceptors (Lipinski definition) is 4. The Bertz CT molecular complexity index is 434. The molecule has 0 unspecified atom stereocenters. The topological polar surface area (TPSA) is 62.3 Å². The molecule has 1 saturated heterocycles. The number of nitrogens with zero attached hydrogens (tertiary/aromatic N) is 2. The van der Waals surface area contributed by atoms with Crippen molar-refractivity contribution in [1.29, 1.82) is 0 Å². The molecule has 5 heteroatoms. The van der Waals surface area contributed by atoms with Crippen LogP contribution in [0.5, 0.6) is 0 Å². The van der Waals surface area contributed by atoms with Crippen LogP contribution in [-0.4, -0.2) is 35.1 Å². The van der Waals surface area contributed by atoms with Crippen LogP contribution in [0.4, 0.5) is 0 Å². The van der Waals surface area contributed by atoms with Gasteiger partial charge >= 0.3 is 0 Å². The summed E-state index contributed by atoms with van der Waals surface area (Å²) in [5.74, 6) is 0. The molecule has 2 heterocycles. The van der Waals surface area contributed by atoms with E-state index in [1.54, 1.807) is 0 Å². The summed E-state index contributed by atoms with van der Waals surface area (Å²) in [5.41, 5.74) is 6.72. The van der Waals surface area contributed by atoms with E-state index in [9.17, 15) is 0 Å². The molecule has 0 atom stereocenters. The van der Waals surface area contributed by atoms with Gasteiger partial charge in [-0.2, -0.15) is 5.10 Å². The molecule has 2 aliphatic rings. The van der Waals surface area contributed by atoms with E-state index in [1.807, 2.05) is 0 Å². The summed E-state index contributed by atoms with van der Waals surface area (Å²) in [6.45, 7) is 2.60. The first-order valence-electron chi connectivity index (χ1n) is 8.27. The largest absolute Gasteiger partial charge is 0.381 e. The monoisotopic (exact) mass is 293 g/mol. The van der Waals surface area contributed by atoms with Gasteiger partial charge in [0, 0.05) is 38.8 Å². The quantitative estimate of drug-likeness (QED) is 0.905. The van der Waals surface area contributed by atoms with E-state index in [-0.39, 0.29) is 5.60 Å². The fraction of sp³-hybridized carbons (Fsp3) is 0.812. The first-order chi connectivity index (χ1) is 10.3. The van der Waals surface area contributed by atoms with E-state index < -0.39 is 0 Å². The van der Waals surface area contributed by atoms with Crippen molar-refractivity contribution in [3.8, 4) is 0 Å². The maximum Gasteiger partial charge on any atom is 0.0914 e. The normalized spacial score (nSPS) is 23.3. The van der Waals surface area contributed by atoms with Crippen LogP contribution < -0.4 is 5.73 Å². The van der Waals surface area contributed by atoms with Crippen LogP contribution in [0.25, 0.3) is 0 Å². The van der Waals surface area contributed by atoms with Crippen LogP contribution in [-0.2, 0) is 16.1 Å². The van der Waals surface area contributed by atoms with E-state index in [1.165, 1.54) is 32.1 Å². The number of nitrogens with two attached hydrogens (primary N) is 1. The molecule has 21 heavy (non-hydrogen) atoms. The van der Waals surface area contributed by atoms with Gasteiger partial charge in [0.25, 0.3) is 0 Å². The number of hydrogen-bond donors (Lipinski definition) is 1. The molecular weight excluding hydrogens is 266 g/mol. The van der Waals surface area contributed by atoms with Crippen molar-refractivity contribution in [2.24, 2.45) is 5.73 Å². The third kappa shape index (κ3) is 3.65. The summed E-state index contributed by atoms with van der Waals surface area (Å²) in [6, 6.07) is 2.66. The minimum absolute atomic E-state index is 0.215. The SMILES string of the molecule is NCC1(OCc2ccn(C3CCCCC3)n2)CCOCC1. The van der Waals surface area contributed by atoms with Crippen molar-refractivity contribution < 1.29 is 9.47 Å². The smallest absolute Gasteiger partial charge is 0.0914 e. The second kappa shape index (κ2) is 6.90. The minimum Gasteiger partial charge on any atom is -0.381 e. The van der Waals surface area contributed by atoms with Crippen molar-refractivity contribution in [2.45, 2.75) is 63.2 Å². The molecule has 2 fully saturated rings. The lowest BCUT2D eigenvalue weighted by Gasteiger charge is -2.35. The summed E-state index contributed by atoms with van der Waals surface area (Å²) in [7, 11) is 0. The molecule has 1 aromatic rings. The summed E-state index contributed by atoms with van der Waals surface area (Å²) < 4.78 is 13.7. The van der Waals surface area contributed by atoms with Crippen molar-refractivity contribution in [3.05, 3.63) is 18.0 Å². The van der Waals surface area contributed by atoms with Gasteiger partial charge in [-0.25, -0.2) is 0 Å². The average molecular weight is 293 g/mol. The Kier molecular flexibility index (Phi) is 4.93. The molecule has 1 aromatic heterocycles. The van der Waals surface area contributed by atoms with Gasteiger partial charge in [-0.15, -0.1) is 0 Å². The Morgan fingerprint density at radius 3 is 2.76 bits per heavy atom. The van der Waals surface area contributed by atoms with Crippen molar-refractivity contribution in [2.75, 3.05) is 19.8 Å². The van der Waals surface area contributed by atoms with Crippen LogP contribution in [0, 0.1) is 0 Å². The minimum atomic E-state index is -0.215. The number of rotatable bonds is 5. The summed E-state index contributed by atoms with van der Waals surface area (Å²) in [4.78, 5) is 0. The van der Waals surface area contributed by atoms with E-state index in [4.69, 9.17) is 20.3 Å². The lowest BCUT2D eigenvalue weighted by molar-refractivity contribution is -0.113. The second-order valence-electron chi connectivity index (χ2n) is 6.37. The van der Waals surface area contributed by atoms with Crippen LogP contribution >= 0.6 is 0 Å².